The van der Waals surface area contributed by atoms with Crippen molar-refractivity contribution < 1.29 is 9.18 Å². The minimum absolute atomic E-state index is 0. The fourth-order valence-electron chi connectivity index (χ4n) is 2.21. The van der Waals surface area contributed by atoms with Gasteiger partial charge in [0.1, 0.15) is 5.82 Å². The van der Waals surface area contributed by atoms with Crippen molar-refractivity contribution in [3.05, 3.63) is 35.6 Å². The van der Waals surface area contributed by atoms with Gasteiger partial charge in [0.15, 0.2) is 0 Å². The molecule has 1 aromatic rings. The fourth-order valence-corrected chi connectivity index (χ4v) is 2.21. The zero-order valence-corrected chi connectivity index (χ0v) is 11.8. The lowest BCUT2D eigenvalue weighted by atomic mass is 10.0. The number of rotatable bonds is 5. The summed E-state index contributed by atoms with van der Waals surface area (Å²) in [6, 6.07) is 6.09. The van der Waals surface area contributed by atoms with E-state index in [-0.39, 0.29) is 24.1 Å². The van der Waals surface area contributed by atoms with E-state index in [0.717, 1.165) is 19.3 Å². The lowest BCUT2D eigenvalue weighted by molar-refractivity contribution is -0.123. The third-order valence-corrected chi connectivity index (χ3v) is 3.44. The van der Waals surface area contributed by atoms with Gasteiger partial charge in [0.05, 0.1) is 11.6 Å². The lowest BCUT2D eigenvalue weighted by Crippen LogP contribution is -2.45. The first-order valence-corrected chi connectivity index (χ1v) is 6.41. The van der Waals surface area contributed by atoms with E-state index in [1.54, 1.807) is 18.2 Å². The summed E-state index contributed by atoms with van der Waals surface area (Å²) in [4.78, 5) is 11.9. The summed E-state index contributed by atoms with van der Waals surface area (Å²) in [6.45, 7) is 1.98. The summed E-state index contributed by atoms with van der Waals surface area (Å²) < 4.78 is 13.7. The molecule has 1 unspecified atom stereocenters. The zero-order valence-electron chi connectivity index (χ0n) is 11.0. The van der Waals surface area contributed by atoms with E-state index >= 15 is 0 Å². The number of hydrogen-bond acceptors (Lipinski definition) is 2. The maximum Gasteiger partial charge on any atom is 0.237 e. The number of carbonyl (C=O) groups is 1. The minimum atomic E-state index is -0.520. The Morgan fingerprint density at radius 1 is 1.47 bits per heavy atom. The molecule has 5 heteroatoms. The van der Waals surface area contributed by atoms with Crippen molar-refractivity contribution >= 4 is 18.3 Å². The van der Waals surface area contributed by atoms with E-state index in [9.17, 15) is 9.18 Å². The van der Waals surface area contributed by atoms with E-state index < -0.39 is 11.6 Å². The normalized spacial score (nSPS) is 17.2. The fraction of sp³-hybridized carbons (Fsp3) is 0.500. The van der Waals surface area contributed by atoms with Gasteiger partial charge in [-0.2, -0.15) is 0 Å². The molecule has 1 aromatic carbocycles. The molecule has 1 amide bonds. The Kier molecular flexibility index (Phi) is 5.32. The highest BCUT2D eigenvalue weighted by molar-refractivity contribution is 5.85. The largest absolute Gasteiger partial charge is 0.345 e. The van der Waals surface area contributed by atoms with Gasteiger partial charge < -0.3 is 11.1 Å². The monoisotopic (exact) mass is 286 g/mol. The summed E-state index contributed by atoms with van der Waals surface area (Å²) >= 11 is 0. The number of nitrogens with two attached hydrogens (primary N) is 1. The van der Waals surface area contributed by atoms with Crippen LogP contribution in [0.4, 0.5) is 4.39 Å². The van der Waals surface area contributed by atoms with Gasteiger partial charge in [0.25, 0.3) is 0 Å². The Labute approximate surface area is 119 Å². The van der Waals surface area contributed by atoms with Crippen LogP contribution in [-0.4, -0.2) is 11.9 Å². The Bertz CT molecular complexity index is 449. The summed E-state index contributed by atoms with van der Waals surface area (Å²) in [6.07, 6.45) is 3.07. The summed E-state index contributed by atoms with van der Waals surface area (Å²) in [5, 5.41) is 2.91. The molecular weight excluding hydrogens is 267 g/mol. The van der Waals surface area contributed by atoms with Crippen LogP contribution in [0.25, 0.3) is 0 Å². The number of benzene rings is 1. The molecule has 1 aliphatic rings. The minimum Gasteiger partial charge on any atom is -0.345 e. The first kappa shape index (κ1) is 15.9. The predicted octanol–water partition coefficient (Wildman–Crippen LogP) is 2.48. The van der Waals surface area contributed by atoms with Crippen LogP contribution in [-0.2, 0) is 10.3 Å². The van der Waals surface area contributed by atoms with Crippen LogP contribution in [0.15, 0.2) is 24.3 Å². The molecule has 0 heterocycles. The molecule has 1 aliphatic carbocycles. The Balaban J connectivity index is 0.00000180. The second-order valence-corrected chi connectivity index (χ2v) is 4.95. The van der Waals surface area contributed by atoms with Crippen molar-refractivity contribution in [1.82, 2.24) is 5.32 Å². The van der Waals surface area contributed by atoms with Crippen LogP contribution < -0.4 is 11.1 Å². The predicted molar refractivity (Wildman–Crippen MR) is 75.6 cm³/mol. The van der Waals surface area contributed by atoms with Gasteiger partial charge in [0, 0.05) is 5.56 Å². The Morgan fingerprint density at radius 3 is 2.63 bits per heavy atom. The quantitative estimate of drug-likeness (QED) is 0.874. The molecule has 0 saturated heterocycles. The molecule has 3 nitrogen and oxygen atoms in total. The highest BCUT2D eigenvalue weighted by Crippen LogP contribution is 2.46. The van der Waals surface area contributed by atoms with Gasteiger partial charge in [-0.25, -0.2) is 4.39 Å². The van der Waals surface area contributed by atoms with Crippen molar-refractivity contribution in [2.45, 2.75) is 44.2 Å². The van der Waals surface area contributed by atoms with Gasteiger partial charge in [-0.15, -0.1) is 12.4 Å². The van der Waals surface area contributed by atoms with Crippen molar-refractivity contribution in [1.29, 1.82) is 0 Å². The summed E-state index contributed by atoms with van der Waals surface area (Å²) in [7, 11) is 0. The van der Waals surface area contributed by atoms with Gasteiger partial charge in [0.2, 0.25) is 5.91 Å². The van der Waals surface area contributed by atoms with Crippen molar-refractivity contribution in [2.75, 3.05) is 0 Å². The van der Waals surface area contributed by atoms with E-state index in [1.807, 2.05) is 6.92 Å². The van der Waals surface area contributed by atoms with Gasteiger partial charge in [-0.05, 0) is 25.3 Å². The number of halogens is 2. The second-order valence-electron chi connectivity index (χ2n) is 4.95. The highest BCUT2D eigenvalue weighted by Gasteiger charge is 2.47. The number of nitrogens with one attached hydrogen (secondary N) is 1. The van der Waals surface area contributed by atoms with E-state index in [2.05, 4.69) is 5.32 Å². The highest BCUT2D eigenvalue weighted by atomic mass is 35.5. The second kappa shape index (κ2) is 6.35. The standard InChI is InChI=1S/C14H19FN2O.ClH/c1-2-5-12(16)13(18)17-14(8-9-14)10-6-3-4-7-11(10)15;/h3-4,6-7,12H,2,5,8-9,16H2,1H3,(H,17,18);1H. The van der Waals surface area contributed by atoms with Crippen LogP contribution in [0, 0.1) is 5.82 Å². The number of amides is 1. The average molecular weight is 287 g/mol. The van der Waals surface area contributed by atoms with Gasteiger partial charge in [-0.1, -0.05) is 31.5 Å². The topological polar surface area (TPSA) is 55.1 Å². The molecule has 1 atom stereocenters. The van der Waals surface area contributed by atoms with E-state index in [0.29, 0.717) is 12.0 Å². The van der Waals surface area contributed by atoms with Crippen LogP contribution in [0.1, 0.15) is 38.2 Å². The van der Waals surface area contributed by atoms with Crippen LogP contribution in [0.2, 0.25) is 0 Å². The molecule has 1 saturated carbocycles. The SMILES string of the molecule is CCCC(N)C(=O)NC1(c2ccccc2F)CC1.Cl. The third kappa shape index (κ3) is 3.45. The Morgan fingerprint density at radius 2 is 2.11 bits per heavy atom. The molecule has 106 valence electrons. The van der Waals surface area contributed by atoms with Gasteiger partial charge in [-0.3, -0.25) is 4.79 Å². The number of carbonyl (C=O) groups excluding carboxylic acids is 1. The molecule has 0 aliphatic heterocycles. The summed E-state index contributed by atoms with van der Waals surface area (Å²) in [5.74, 6) is -0.447. The van der Waals surface area contributed by atoms with E-state index in [4.69, 9.17) is 5.73 Å². The van der Waals surface area contributed by atoms with Crippen molar-refractivity contribution in [3.63, 3.8) is 0 Å². The third-order valence-electron chi connectivity index (χ3n) is 3.44. The summed E-state index contributed by atoms with van der Waals surface area (Å²) in [5.41, 5.74) is 5.82. The average Bonchev–Trinajstić information content (AvgIpc) is 3.10. The molecule has 19 heavy (non-hydrogen) atoms. The maximum atomic E-state index is 13.7. The molecule has 0 spiro atoms. The molecule has 3 N–H and O–H groups in total. The van der Waals surface area contributed by atoms with Crippen LogP contribution in [0.3, 0.4) is 0 Å². The Hall–Kier alpha value is -1.13. The van der Waals surface area contributed by atoms with E-state index in [1.165, 1.54) is 6.07 Å². The first-order valence-electron chi connectivity index (χ1n) is 6.41. The van der Waals surface area contributed by atoms with Crippen molar-refractivity contribution in [3.8, 4) is 0 Å². The smallest absolute Gasteiger partial charge is 0.237 e. The molecule has 0 radical (unpaired) electrons. The molecule has 0 bridgehead atoms. The lowest BCUT2D eigenvalue weighted by Gasteiger charge is -2.21. The zero-order chi connectivity index (χ0) is 13.2. The van der Waals surface area contributed by atoms with Crippen LogP contribution in [0.5, 0.6) is 0 Å². The molecule has 2 rings (SSSR count). The van der Waals surface area contributed by atoms with Gasteiger partial charge >= 0.3 is 0 Å². The first-order chi connectivity index (χ1) is 8.59. The molecule has 1 fully saturated rings. The van der Waals surface area contributed by atoms with Crippen molar-refractivity contribution in [2.24, 2.45) is 5.73 Å². The maximum absolute atomic E-state index is 13.7. The number of hydrogen-bond donors (Lipinski definition) is 2. The molecular formula is C14H20ClFN2O. The molecule has 0 aromatic heterocycles. The van der Waals surface area contributed by atoms with Crippen LogP contribution >= 0.6 is 12.4 Å².